The Morgan fingerprint density at radius 3 is 1.30 bits per heavy atom. The molecule has 4 nitrogen and oxygen atoms in total. The van der Waals surface area contributed by atoms with Crippen LogP contribution in [0, 0.1) is 0 Å². The summed E-state index contributed by atoms with van der Waals surface area (Å²) < 4.78 is 8.46. The normalized spacial score (nSPS) is 12.1. The van der Waals surface area contributed by atoms with E-state index in [9.17, 15) is 0 Å². The van der Waals surface area contributed by atoms with Crippen LogP contribution in [0.4, 0.5) is 0 Å². The first-order valence-electron chi connectivity index (χ1n) is 18.3. The molecule has 0 bridgehead atoms. The molecule has 0 atom stereocenters. The largest absolute Gasteiger partial charge is 0.309 e. The molecular weight excluding hydrogens is 677 g/mol. The molecule has 4 heterocycles. The Morgan fingerprint density at radius 1 is 0.352 bits per heavy atom. The van der Waals surface area contributed by atoms with Crippen molar-refractivity contribution in [1.82, 2.24) is 18.7 Å². The van der Waals surface area contributed by atoms with Crippen molar-refractivity contribution in [3.63, 3.8) is 0 Å². The van der Waals surface area contributed by atoms with Crippen molar-refractivity contribution in [1.29, 1.82) is 0 Å². The average Bonchev–Trinajstić information content (AvgIpc) is 3.99. The summed E-state index contributed by atoms with van der Waals surface area (Å²) in [7, 11) is 0. The Morgan fingerprint density at radius 2 is 0.778 bits per heavy atom. The lowest BCUT2D eigenvalue weighted by Gasteiger charge is -2.13. The molecule has 5 heteroatoms. The standard InChI is InChI=1S/C49H30N4S/c1-7-19-41-33(13-1)34-14-2-8-20-42(34)51(41)31-25-27-46-38(29-31)39-30-32(52-43-21-9-3-15-35(43)36-16-4-10-22-44(36)52)26-28-47(39)53(46)45-23-11-5-17-37(45)49-50-40-18-6-12-24-48(40)54-49/h1-30H. The van der Waals surface area contributed by atoms with Gasteiger partial charge in [-0.3, -0.25) is 0 Å². The number of hydrogen-bond acceptors (Lipinski definition) is 2. The molecule has 12 aromatic rings. The summed E-state index contributed by atoms with van der Waals surface area (Å²) in [4.78, 5) is 5.12. The summed E-state index contributed by atoms with van der Waals surface area (Å²) in [6, 6.07) is 66.0. The van der Waals surface area contributed by atoms with Gasteiger partial charge in [-0.1, -0.05) is 97.1 Å². The van der Waals surface area contributed by atoms with Crippen molar-refractivity contribution < 1.29 is 0 Å². The number of fused-ring (bicyclic) bond motifs is 10. The molecule has 0 aliphatic carbocycles. The highest BCUT2D eigenvalue weighted by molar-refractivity contribution is 7.21. The van der Waals surface area contributed by atoms with E-state index < -0.39 is 0 Å². The second kappa shape index (κ2) is 11.3. The maximum Gasteiger partial charge on any atom is 0.126 e. The molecule has 0 saturated heterocycles. The Bertz CT molecular complexity index is 3150. The summed E-state index contributed by atoms with van der Waals surface area (Å²) in [5, 5.41) is 8.45. The minimum atomic E-state index is 1.02. The van der Waals surface area contributed by atoms with Gasteiger partial charge < -0.3 is 13.7 Å². The third-order valence-corrected chi connectivity index (χ3v) is 12.1. The molecule has 8 aromatic carbocycles. The van der Waals surface area contributed by atoms with E-state index in [4.69, 9.17) is 4.98 Å². The molecule has 0 unspecified atom stereocenters. The highest BCUT2D eigenvalue weighted by Crippen LogP contribution is 2.42. The van der Waals surface area contributed by atoms with Crippen LogP contribution in [0.2, 0.25) is 0 Å². The van der Waals surface area contributed by atoms with E-state index in [-0.39, 0.29) is 0 Å². The average molecular weight is 707 g/mol. The Labute approximate surface area is 314 Å². The lowest BCUT2D eigenvalue weighted by molar-refractivity contribution is 1.16. The van der Waals surface area contributed by atoms with E-state index >= 15 is 0 Å². The SMILES string of the molecule is c1ccc(-n2c3ccc(-n4c5ccccc5c5ccccc54)cc3c3cc(-n4c5ccccc5c5ccccc54)ccc32)c(-c2nc3ccccc3s2)c1. The summed E-state index contributed by atoms with van der Waals surface area (Å²) >= 11 is 1.75. The predicted molar refractivity (Wildman–Crippen MR) is 228 cm³/mol. The lowest BCUT2D eigenvalue weighted by Crippen LogP contribution is -1.98. The summed E-state index contributed by atoms with van der Waals surface area (Å²) in [6.45, 7) is 0. The van der Waals surface area contributed by atoms with Crippen LogP contribution in [-0.2, 0) is 0 Å². The van der Waals surface area contributed by atoms with Gasteiger partial charge in [0.15, 0.2) is 0 Å². The van der Waals surface area contributed by atoms with E-state index in [0.717, 1.165) is 44.2 Å². The first-order chi connectivity index (χ1) is 26.8. The van der Waals surface area contributed by atoms with Gasteiger partial charge >= 0.3 is 0 Å². The minimum absolute atomic E-state index is 1.02. The van der Waals surface area contributed by atoms with Crippen LogP contribution in [0.25, 0.3) is 103 Å². The van der Waals surface area contributed by atoms with Crippen LogP contribution < -0.4 is 0 Å². The molecule has 252 valence electrons. The van der Waals surface area contributed by atoms with E-state index in [0.29, 0.717) is 0 Å². The molecule has 0 aliphatic rings. The summed E-state index contributed by atoms with van der Waals surface area (Å²) in [5.41, 5.74) is 12.7. The number of para-hydroxylation sites is 6. The molecular formula is C49H30N4S. The van der Waals surface area contributed by atoms with Crippen molar-refractivity contribution >= 4 is 87.0 Å². The number of rotatable bonds is 4. The van der Waals surface area contributed by atoms with Gasteiger partial charge in [0.05, 0.1) is 49.0 Å². The maximum atomic E-state index is 5.12. The zero-order valence-electron chi connectivity index (χ0n) is 29.0. The molecule has 0 spiro atoms. The number of benzene rings is 8. The van der Waals surface area contributed by atoms with Crippen LogP contribution in [0.15, 0.2) is 182 Å². The third-order valence-electron chi connectivity index (χ3n) is 11.1. The smallest absolute Gasteiger partial charge is 0.126 e. The molecule has 54 heavy (non-hydrogen) atoms. The lowest BCUT2D eigenvalue weighted by atomic mass is 10.1. The molecule has 0 N–H and O–H groups in total. The Kier molecular flexibility index (Phi) is 6.18. The van der Waals surface area contributed by atoms with E-state index in [2.05, 4.69) is 196 Å². The molecule has 0 fully saturated rings. The molecule has 0 radical (unpaired) electrons. The van der Waals surface area contributed by atoms with Crippen molar-refractivity contribution in [2.24, 2.45) is 0 Å². The topological polar surface area (TPSA) is 27.7 Å². The van der Waals surface area contributed by atoms with Crippen LogP contribution in [-0.4, -0.2) is 18.7 Å². The van der Waals surface area contributed by atoms with Crippen molar-refractivity contribution in [3.05, 3.63) is 182 Å². The second-order valence-corrected chi connectivity index (χ2v) is 15.0. The molecule has 4 aromatic heterocycles. The quantitative estimate of drug-likeness (QED) is 0.179. The van der Waals surface area contributed by atoms with Crippen molar-refractivity contribution in [2.45, 2.75) is 0 Å². The molecule has 12 rings (SSSR count). The van der Waals surface area contributed by atoms with Gasteiger partial charge in [-0.2, -0.15) is 0 Å². The van der Waals surface area contributed by atoms with E-state index in [1.165, 1.54) is 59.1 Å². The monoisotopic (exact) mass is 706 g/mol. The number of hydrogen-bond donors (Lipinski definition) is 0. The first-order valence-corrected chi connectivity index (χ1v) is 19.1. The third kappa shape index (κ3) is 4.15. The fourth-order valence-corrected chi connectivity index (χ4v) is 9.77. The van der Waals surface area contributed by atoms with Gasteiger partial charge in [0.2, 0.25) is 0 Å². The van der Waals surface area contributed by atoms with Gasteiger partial charge in [-0.05, 0) is 84.9 Å². The van der Waals surface area contributed by atoms with Crippen LogP contribution >= 0.6 is 11.3 Å². The summed E-state index contributed by atoms with van der Waals surface area (Å²) in [6.07, 6.45) is 0. The zero-order valence-corrected chi connectivity index (χ0v) is 29.8. The zero-order chi connectivity index (χ0) is 35.3. The van der Waals surface area contributed by atoms with E-state index in [1.807, 2.05) is 0 Å². The van der Waals surface area contributed by atoms with Gasteiger partial charge in [-0.15, -0.1) is 11.3 Å². The van der Waals surface area contributed by atoms with Gasteiger partial charge in [0.25, 0.3) is 0 Å². The second-order valence-electron chi connectivity index (χ2n) is 14.0. The van der Waals surface area contributed by atoms with Gasteiger partial charge in [0, 0.05) is 49.3 Å². The van der Waals surface area contributed by atoms with Gasteiger partial charge in [0.1, 0.15) is 5.01 Å². The Hall–Kier alpha value is -6.95. The number of nitrogens with zero attached hydrogens (tertiary/aromatic N) is 4. The number of aromatic nitrogens is 4. The maximum absolute atomic E-state index is 5.12. The fourth-order valence-electron chi connectivity index (χ4n) is 8.78. The predicted octanol–water partition coefficient (Wildman–Crippen LogP) is 13.3. The highest BCUT2D eigenvalue weighted by Gasteiger charge is 2.21. The van der Waals surface area contributed by atoms with E-state index in [1.54, 1.807) is 11.3 Å². The molecule has 0 saturated carbocycles. The van der Waals surface area contributed by atoms with Crippen LogP contribution in [0.5, 0.6) is 0 Å². The first kappa shape index (κ1) is 29.6. The fraction of sp³-hybridized carbons (Fsp3) is 0. The highest BCUT2D eigenvalue weighted by atomic mass is 32.1. The van der Waals surface area contributed by atoms with Crippen molar-refractivity contribution in [3.8, 4) is 27.6 Å². The van der Waals surface area contributed by atoms with Crippen molar-refractivity contribution in [2.75, 3.05) is 0 Å². The molecule has 0 amide bonds. The van der Waals surface area contributed by atoms with Crippen LogP contribution in [0.3, 0.4) is 0 Å². The van der Waals surface area contributed by atoms with Gasteiger partial charge in [-0.25, -0.2) is 4.98 Å². The Balaban J connectivity index is 1.18. The summed E-state index contributed by atoms with van der Waals surface area (Å²) in [5.74, 6) is 0. The number of thiazole rings is 1. The molecule has 0 aliphatic heterocycles. The van der Waals surface area contributed by atoms with Crippen LogP contribution in [0.1, 0.15) is 0 Å². The minimum Gasteiger partial charge on any atom is -0.309 e.